The van der Waals surface area contributed by atoms with Crippen LogP contribution in [0.4, 0.5) is 17.5 Å². The lowest BCUT2D eigenvalue weighted by molar-refractivity contribution is -0.121. The molecule has 178 valence electrons. The van der Waals surface area contributed by atoms with Gasteiger partial charge in [-0.15, -0.1) is 0 Å². The van der Waals surface area contributed by atoms with Gasteiger partial charge in [-0.05, 0) is 49.3 Å². The first-order valence-electron chi connectivity index (χ1n) is 11.8. The number of aliphatic hydroxyl groups is 1. The third-order valence-corrected chi connectivity index (χ3v) is 6.83. The second-order valence-electron chi connectivity index (χ2n) is 9.15. The number of aryl methyl sites for hydroxylation is 1. The Labute approximate surface area is 201 Å². The third kappa shape index (κ3) is 3.85. The first-order chi connectivity index (χ1) is 17.0. The number of nitrogens with one attached hydrogen (secondary N) is 2. The number of anilines is 3. The SMILES string of the molecule is Cc1c(-c2cc3cc(Nc4cc5n(n4)CC(=O)NCC5)ncc3c(N)n2)cnc2c1C(O)CCC2. The van der Waals surface area contributed by atoms with E-state index in [-0.39, 0.29) is 12.5 Å². The Balaban J connectivity index is 1.36. The number of nitrogen functional groups attached to an aromatic ring is 1. The molecule has 1 aliphatic heterocycles. The van der Waals surface area contributed by atoms with Crippen LogP contribution < -0.4 is 16.4 Å². The summed E-state index contributed by atoms with van der Waals surface area (Å²) >= 11 is 0. The summed E-state index contributed by atoms with van der Waals surface area (Å²) in [6.07, 6.45) is 6.31. The predicted octanol–water partition coefficient (Wildman–Crippen LogP) is 2.56. The van der Waals surface area contributed by atoms with Gasteiger partial charge >= 0.3 is 0 Å². The zero-order chi connectivity index (χ0) is 24.1. The van der Waals surface area contributed by atoms with E-state index in [2.05, 4.69) is 30.7 Å². The van der Waals surface area contributed by atoms with Gasteiger partial charge in [-0.25, -0.2) is 9.97 Å². The Morgan fingerprint density at radius 2 is 2.06 bits per heavy atom. The number of aliphatic hydroxyl groups excluding tert-OH is 1. The summed E-state index contributed by atoms with van der Waals surface area (Å²) in [6, 6.07) is 5.81. The van der Waals surface area contributed by atoms with Crippen LogP contribution in [0, 0.1) is 6.92 Å². The van der Waals surface area contributed by atoms with Crippen LogP contribution in [0.2, 0.25) is 0 Å². The summed E-state index contributed by atoms with van der Waals surface area (Å²) in [4.78, 5) is 25.6. The van der Waals surface area contributed by atoms with E-state index in [0.29, 0.717) is 29.7 Å². The summed E-state index contributed by atoms with van der Waals surface area (Å²) in [5, 5.41) is 22.8. The van der Waals surface area contributed by atoms with Crippen molar-refractivity contribution < 1.29 is 9.90 Å². The highest BCUT2D eigenvalue weighted by Crippen LogP contribution is 2.36. The van der Waals surface area contributed by atoms with Gasteiger partial charge in [0.05, 0.1) is 11.8 Å². The molecule has 4 aromatic heterocycles. The van der Waals surface area contributed by atoms with Crippen molar-refractivity contribution in [1.29, 1.82) is 0 Å². The number of aromatic nitrogens is 5. The molecule has 0 bridgehead atoms. The van der Waals surface area contributed by atoms with Crippen LogP contribution in [0.3, 0.4) is 0 Å². The molecule has 4 aromatic rings. The van der Waals surface area contributed by atoms with Gasteiger partial charge < -0.3 is 21.5 Å². The minimum Gasteiger partial charge on any atom is -0.388 e. The van der Waals surface area contributed by atoms with E-state index >= 15 is 0 Å². The molecule has 0 saturated carbocycles. The Hall–Kier alpha value is -4.05. The van der Waals surface area contributed by atoms with E-state index in [9.17, 15) is 9.90 Å². The van der Waals surface area contributed by atoms with Crippen molar-refractivity contribution in [3.8, 4) is 11.3 Å². The number of carbonyl (C=O) groups excluding carboxylic acids is 1. The third-order valence-electron chi connectivity index (χ3n) is 6.83. The lowest BCUT2D eigenvalue weighted by atomic mass is 9.88. The smallest absolute Gasteiger partial charge is 0.241 e. The fourth-order valence-corrected chi connectivity index (χ4v) is 5.07. The summed E-state index contributed by atoms with van der Waals surface area (Å²) in [7, 11) is 0. The van der Waals surface area contributed by atoms with Crippen molar-refractivity contribution in [2.75, 3.05) is 17.6 Å². The molecule has 0 aromatic carbocycles. The van der Waals surface area contributed by atoms with Gasteiger partial charge in [0.15, 0.2) is 5.82 Å². The van der Waals surface area contributed by atoms with Gasteiger partial charge in [0.1, 0.15) is 18.2 Å². The number of amides is 1. The molecule has 0 saturated heterocycles. The van der Waals surface area contributed by atoms with Crippen LogP contribution in [0.5, 0.6) is 0 Å². The van der Waals surface area contributed by atoms with Gasteiger partial charge in [0, 0.05) is 59.3 Å². The molecule has 0 fully saturated rings. The molecule has 35 heavy (non-hydrogen) atoms. The first kappa shape index (κ1) is 21.5. The minimum absolute atomic E-state index is 0.0442. The van der Waals surface area contributed by atoms with Crippen molar-refractivity contribution in [3.63, 3.8) is 0 Å². The van der Waals surface area contributed by atoms with E-state index in [0.717, 1.165) is 64.5 Å². The number of nitrogens with two attached hydrogens (primary N) is 1. The molecule has 10 heteroatoms. The average molecular weight is 471 g/mol. The van der Waals surface area contributed by atoms with Crippen LogP contribution in [-0.4, -0.2) is 42.3 Å². The van der Waals surface area contributed by atoms with Crippen LogP contribution in [0.15, 0.2) is 30.6 Å². The Morgan fingerprint density at radius 3 is 2.94 bits per heavy atom. The molecular weight excluding hydrogens is 444 g/mol. The monoisotopic (exact) mass is 470 g/mol. The Morgan fingerprint density at radius 1 is 1.17 bits per heavy atom. The van der Waals surface area contributed by atoms with E-state index in [1.807, 2.05) is 31.3 Å². The van der Waals surface area contributed by atoms with Gasteiger partial charge in [-0.1, -0.05) is 0 Å². The van der Waals surface area contributed by atoms with Crippen molar-refractivity contribution in [1.82, 2.24) is 30.0 Å². The second-order valence-corrected chi connectivity index (χ2v) is 9.15. The Kier molecular flexibility index (Phi) is 5.10. The normalized spacial score (nSPS) is 17.4. The lowest BCUT2D eigenvalue weighted by Crippen LogP contribution is -2.25. The van der Waals surface area contributed by atoms with E-state index in [1.165, 1.54) is 0 Å². The highest BCUT2D eigenvalue weighted by Gasteiger charge is 2.24. The first-order valence-corrected chi connectivity index (χ1v) is 11.8. The maximum absolute atomic E-state index is 11.8. The second kappa shape index (κ2) is 8.31. The molecule has 0 spiro atoms. The number of nitrogens with zero attached hydrogens (tertiary/aromatic N) is 5. The molecule has 1 atom stereocenters. The maximum Gasteiger partial charge on any atom is 0.241 e. The molecular formula is C25H26N8O2. The number of hydrogen-bond donors (Lipinski definition) is 4. The minimum atomic E-state index is -0.500. The van der Waals surface area contributed by atoms with E-state index in [4.69, 9.17) is 5.73 Å². The van der Waals surface area contributed by atoms with Gasteiger partial charge in [0.2, 0.25) is 5.91 Å². The molecule has 10 nitrogen and oxygen atoms in total. The van der Waals surface area contributed by atoms with Gasteiger partial charge in [-0.2, -0.15) is 5.10 Å². The van der Waals surface area contributed by atoms with Gasteiger partial charge in [-0.3, -0.25) is 14.5 Å². The molecule has 6 rings (SSSR count). The Bertz CT molecular complexity index is 1480. The average Bonchev–Trinajstić information content (AvgIpc) is 3.10. The van der Waals surface area contributed by atoms with Gasteiger partial charge in [0.25, 0.3) is 0 Å². The zero-order valence-electron chi connectivity index (χ0n) is 19.4. The topological polar surface area (TPSA) is 144 Å². The summed E-state index contributed by atoms with van der Waals surface area (Å²) in [6.45, 7) is 2.81. The van der Waals surface area contributed by atoms with Crippen LogP contribution in [-0.2, 0) is 24.2 Å². The summed E-state index contributed by atoms with van der Waals surface area (Å²) in [5.41, 5.74) is 11.7. The molecule has 5 heterocycles. The van der Waals surface area contributed by atoms with E-state index < -0.39 is 6.10 Å². The van der Waals surface area contributed by atoms with Crippen molar-refractivity contribution in [3.05, 3.63) is 53.1 Å². The number of carbonyl (C=O) groups is 1. The molecule has 2 aliphatic rings. The number of pyridine rings is 3. The predicted molar refractivity (Wildman–Crippen MR) is 132 cm³/mol. The molecule has 1 amide bonds. The maximum atomic E-state index is 11.8. The van der Waals surface area contributed by atoms with E-state index in [1.54, 1.807) is 10.9 Å². The number of fused-ring (bicyclic) bond motifs is 3. The summed E-state index contributed by atoms with van der Waals surface area (Å²) < 4.78 is 1.71. The zero-order valence-corrected chi connectivity index (χ0v) is 19.4. The molecule has 0 radical (unpaired) electrons. The van der Waals surface area contributed by atoms with Crippen molar-refractivity contribution >= 4 is 34.1 Å². The molecule has 1 unspecified atom stereocenters. The van der Waals surface area contributed by atoms with Crippen LogP contribution in [0.1, 0.15) is 41.5 Å². The van der Waals surface area contributed by atoms with Crippen molar-refractivity contribution in [2.24, 2.45) is 0 Å². The fourth-order valence-electron chi connectivity index (χ4n) is 5.07. The standard InChI is InChI=1S/C25H26N8O2/c1-13-16(10-28-18-3-2-4-20(34)24(13)18)19-7-14-8-21(29-11-17(14)25(26)30-19)31-22-9-15-5-6-27-23(35)12-33(15)32-22/h7-11,20,34H,2-6,12H2,1H3,(H2,26,30)(H,27,35)(H,29,31,32). The fraction of sp³-hybridized carbons (Fsp3) is 0.320. The summed E-state index contributed by atoms with van der Waals surface area (Å²) in [5.74, 6) is 1.58. The van der Waals surface area contributed by atoms with Crippen molar-refractivity contribution in [2.45, 2.75) is 45.3 Å². The highest BCUT2D eigenvalue weighted by molar-refractivity contribution is 5.95. The number of rotatable bonds is 3. The highest BCUT2D eigenvalue weighted by atomic mass is 16.3. The van der Waals surface area contributed by atoms with Crippen LogP contribution >= 0.6 is 0 Å². The number of hydrogen-bond acceptors (Lipinski definition) is 8. The molecule has 5 N–H and O–H groups in total. The quantitative estimate of drug-likeness (QED) is 0.358. The largest absolute Gasteiger partial charge is 0.388 e. The lowest BCUT2D eigenvalue weighted by Gasteiger charge is -2.24. The molecule has 1 aliphatic carbocycles. The van der Waals surface area contributed by atoms with Crippen LogP contribution in [0.25, 0.3) is 22.0 Å².